The Balaban J connectivity index is 1.80. The topological polar surface area (TPSA) is 67.9 Å². The molecule has 1 heterocycles. The van der Waals surface area contributed by atoms with Gasteiger partial charge in [-0.2, -0.15) is 0 Å². The monoisotopic (exact) mass is 396 g/mol. The average Bonchev–Trinajstić information content (AvgIpc) is 2.67. The van der Waals surface area contributed by atoms with Crippen LogP contribution in [0.15, 0.2) is 18.2 Å². The van der Waals surface area contributed by atoms with E-state index in [4.69, 9.17) is 21.1 Å². The van der Waals surface area contributed by atoms with Crippen molar-refractivity contribution in [3.8, 4) is 11.5 Å². The van der Waals surface area contributed by atoms with Crippen molar-refractivity contribution >= 4 is 23.4 Å². The van der Waals surface area contributed by atoms with Crippen LogP contribution >= 0.6 is 11.6 Å². The van der Waals surface area contributed by atoms with Crippen LogP contribution in [0.25, 0.3) is 0 Å². The summed E-state index contributed by atoms with van der Waals surface area (Å²) in [6.45, 7) is 5.48. The number of alkyl halides is 1. The normalized spacial score (nSPS) is 15.9. The fraction of sp³-hybridized carbons (Fsp3) is 0.600. The summed E-state index contributed by atoms with van der Waals surface area (Å²) >= 11 is 5.78. The number of carbonyl (C=O) groups is 2. The van der Waals surface area contributed by atoms with Crippen LogP contribution in [0.2, 0.25) is 0 Å². The van der Waals surface area contributed by atoms with Gasteiger partial charge in [0.2, 0.25) is 11.8 Å². The molecule has 1 fully saturated rings. The van der Waals surface area contributed by atoms with Crippen LogP contribution in [0, 0.1) is 0 Å². The van der Waals surface area contributed by atoms with Crippen LogP contribution in [0.4, 0.5) is 0 Å². The minimum atomic E-state index is -0.532. The number of hydrogen-bond acceptors (Lipinski definition) is 4. The fourth-order valence-corrected chi connectivity index (χ4v) is 3.20. The standard InChI is InChI=1S/C20H29ClN2O4/c1-4-27-17-7-5-15(13-18(17)26-3)6-8-19(24)23-11-9-16(10-12-23)22-20(25)14(2)21/h5,7,13-14,16H,4,6,8-12H2,1-3H3,(H,22,25). The lowest BCUT2D eigenvalue weighted by atomic mass is 10.0. The van der Waals surface area contributed by atoms with Crippen molar-refractivity contribution in [1.29, 1.82) is 0 Å². The minimum absolute atomic E-state index is 0.0955. The van der Waals surface area contributed by atoms with Crippen LogP contribution < -0.4 is 14.8 Å². The third-order valence-electron chi connectivity index (χ3n) is 4.71. The maximum atomic E-state index is 12.5. The van der Waals surface area contributed by atoms with Gasteiger partial charge in [-0.1, -0.05) is 6.07 Å². The summed E-state index contributed by atoms with van der Waals surface area (Å²) in [5.41, 5.74) is 1.04. The number of methoxy groups -OCH3 is 1. The molecule has 7 heteroatoms. The van der Waals surface area contributed by atoms with E-state index in [1.165, 1.54) is 0 Å². The molecule has 0 aromatic heterocycles. The second-order valence-corrected chi connectivity index (χ2v) is 7.35. The average molecular weight is 397 g/mol. The van der Waals surface area contributed by atoms with Gasteiger partial charge in [0, 0.05) is 25.6 Å². The summed E-state index contributed by atoms with van der Waals surface area (Å²) in [5, 5.41) is 2.40. The molecule has 1 aliphatic heterocycles. The van der Waals surface area contributed by atoms with Crippen molar-refractivity contribution in [2.24, 2.45) is 0 Å². The minimum Gasteiger partial charge on any atom is -0.493 e. The Morgan fingerprint density at radius 3 is 2.59 bits per heavy atom. The Hall–Kier alpha value is -1.95. The van der Waals surface area contributed by atoms with E-state index in [2.05, 4.69) is 5.32 Å². The van der Waals surface area contributed by atoms with Gasteiger partial charge in [0.15, 0.2) is 11.5 Å². The Kier molecular flexibility index (Phi) is 8.23. The van der Waals surface area contributed by atoms with E-state index in [0.717, 1.165) is 18.4 Å². The number of nitrogens with one attached hydrogen (secondary N) is 1. The summed E-state index contributed by atoms with van der Waals surface area (Å²) in [4.78, 5) is 26.0. The number of likely N-dealkylation sites (tertiary alicyclic amines) is 1. The van der Waals surface area contributed by atoms with Crippen molar-refractivity contribution in [2.75, 3.05) is 26.8 Å². The first-order chi connectivity index (χ1) is 12.9. The molecule has 1 N–H and O–H groups in total. The third-order valence-corrected chi connectivity index (χ3v) is 4.91. The number of nitrogens with zero attached hydrogens (tertiary/aromatic N) is 1. The van der Waals surface area contributed by atoms with Crippen molar-refractivity contribution in [1.82, 2.24) is 10.2 Å². The molecular weight excluding hydrogens is 368 g/mol. The predicted octanol–water partition coefficient (Wildman–Crippen LogP) is 2.76. The summed E-state index contributed by atoms with van der Waals surface area (Å²) in [7, 11) is 1.61. The van der Waals surface area contributed by atoms with E-state index in [1.54, 1.807) is 14.0 Å². The molecule has 1 aromatic rings. The molecule has 0 spiro atoms. The van der Waals surface area contributed by atoms with Crippen molar-refractivity contribution in [2.45, 2.75) is 50.9 Å². The van der Waals surface area contributed by atoms with Gasteiger partial charge in [-0.25, -0.2) is 0 Å². The molecule has 1 unspecified atom stereocenters. The first-order valence-corrected chi connectivity index (χ1v) is 9.90. The van der Waals surface area contributed by atoms with Crippen LogP contribution in [0.5, 0.6) is 11.5 Å². The molecule has 1 saturated heterocycles. The van der Waals surface area contributed by atoms with Crippen LogP contribution in [-0.4, -0.2) is 54.9 Å². The molecule has 2 rings (SSSR count). The largest absolute Gasteiger partial charge is 0.493 e. The Labute approximate surface area is 166 Å². The van der Waals surface area contributed by atoms with Gasteiger partial charge in [0.25, 0.3) is 0 Å². The molecule has 1 aliphatic rings. The number of rotatable bonds is 8. The van der Waals surface area contributed by atoms with Gasteiger partial charge < -0.3 is 19.7 Å². The number of ether oxygens (including phenoxy) is 2. The highest BCUT2D eigenvalue weighted by Crippen LogP contribution is 2.28. The smallest absolute Gasteiger partial charge is 0.237 e. The summed E-state index contributed by atoms with van der Waals surface area (Å²) in [6, 6.07) is 5.87. The van der Waals surface area contributed by atoms with E-state index in [9.17, 15) is 9.59 Å². The number of piperidine rings is 1. The van der Waals surface area contributed by atoms with E-state index in [-0.39, 0.29) is 17.9 Å². The predicted molar refractivity (Wildman–Crippen MR) is 106 cm³/mol. The van der Waals surface area contributed by atoms with Gasteiger partial charge in [0.1, 0.15) is 5.38 Å². The van der Waals surface area contributed by atoms with E-state index >= 15 is 0 Å². The van der Waals surface area contributed by atoms with Crippen LogP contribution in [-0.2, 0) is 16.0 Å². The molecule has 0 saturated carbocycles. The summed E-state index contributed by atoms with van der Waals surface area (Å²) in [5.74, 6) is 1.39. The zero-order chi connectivity index (χ0) is 19.8. The number of carbonyl (C=O) groups excluding carboxylic acids is 2. The van der Waals surface area contributed by atoms with Crippen LogP contribution in [0.1, 0.15) is 38.7 Å². The lowest BCUT2D eigenvalue weighted by Gasteiger charge is -2.32. The fourth-order valence-electron chi connectivity index (χ4n) is 3.14. The molecule has 1 aromatic carbocycles. The second-order valence-electron chi connectivity index (χ2n) is 6.70. The van der Waals surface area contributed by atoms with E-state index in [1.807, 2.05) is 30.0 Å². The summed E-state index contributed by atoms with van der Waals surface area (Å²) < 4.78 is 10.9. The molecule has 6 nitrogen and oxygen atoms in total. The Bertz CT molecular complexity index is 643. The van der Waals surface area contributed by atoms with Gasteiger partial charge in [-0.3, -0.25) is 9.59 Å². The number of amides is 2. The molecule has 2 amide bonds. The molecule has 1 atom stereocenters. The van der Waals surface area contributed by atoms with Gasteiger partial charge in [-0.15, -0.1) is 11.6 Å². The SMILES string of the molecule is CCOc1ccc(CCC(=O)N2CCC(NC(=O)C(C)Cl)CC2)cc1OC. The van der Waals surface area contributed by atoms with Gasteiger partial charge >= 0.3 is 0 Å². The first kappa shape index (κ1) is 21.4. The van der Waals surface area contributed by atoms with Crippen molar-refractivity contribution < 1.29 is 19.1 Å². The maximum Gasteiger partial charge on any atom is 0.237 e. The summed E-state index contributed by atoms with van der Waals surface area (Å²) in [6.07, 6.45) is 2.63. The first-order valence-electron chi connectivity index (χ1n) is 9.46. The zero-order valence-electron chi connectivity index (χ0n) is 16.3. The van der Waals surface area contributed by atoms with Gasteiger partial charge in [0.05, 0.1) is 13.7 Å². The number of hydrogen-bond donors (Lipinski definition) is 1. The third kappa shape index (κ3) is 6.31. The zero-order valence-corrected chi connectivity index (χ0v) is 17.1. The molecule has 0 bridgehead atoms. The molecule has 0 radical (unpaired) electrons. The molecule has 27 heavy (non-hydrogen) atoms. The highest BCUT2D eigenvalue weighted by atomic mass is 35.5. The van der Waals surface area contributed by atoms with Crippen LogP contribution in [0.3, 0.4) is 0 Å². The number of aryl methyl sites for hydroxylation is 1. The van der Waals surface area contributed by atoms with Gasteiger partial charge in [-0.05, 0) is 50.8 Å². The van der Waals surface area contributed by atoms with Crippen molar-refractivity contribution in [3.05, 3.63) is 23.8 Å². The maximum absolute atomic E-state index is 12.5. The molecule has 150 valence electrons. The molecule has 0 aliphatic carbocycles. The quantitative estimate of drug-likeness (QED) is 0.686. The Morgan fingerprint density at radius 1 is 1.30 bits per heavy atom. The molecular formula is C20H29ClN2O4. The lowest BCUT2D eigenvalue weighted by molar-refractivity contribution is -0.132. The lowest BCUT2D eigenvalue weighted by Crippen LogP contribution is -2.47. The number of halogens is 1. The number of benzene rings is 1. The highest BCUT2D eigenvalue weighted by molar-refractivity contribution is 6.30. The van der Waals surface area contributed by atoms with Crippen molar-refractivity contribution in [3.63, 3.8) is 0 Å². The highest BCUT2D eigenvalue weighted by Gasteiger charge is 2.24. The van der Waals surface area contributed by atoms with E-state index < -0.39 is 5.38 Å². The second kappa shape index (κ2) is 10.4. The Morgan fingerprint density at radius 2 is 2.00 bits per heavy atom. The van der Waals surface area contributed by atoms with E-state index in [0.29, 0.717) is 44.0 Å².